The third kappa shape index (κ3) is 1.78. The molecule has 0 spiro atoms. The summed E-state index contributed by atoms with van der Waals surface area (Å²) >= 11 is 0. The number of aromatic nitrogens is 1. The predicted octanol–water partition coefficient (Wildman–Crippen LogP) is 4.04. The number of rotatable bonds is 1. The number of pyridine rings is 1. The van der Waals surface area contributed by atoms with E-state index in [0.717, 1.165) is 16.6 Å². The first-order valence-corrected chi connectivity index (χ1v) is 5.44. The van der Waals surface area contributed by atoms with Gasteiger partial charge in [0.25, 0.3) is 0 Å². The highest BCUT2D eigenvalue weighted by molar-refractivity contribution is 5.87. The summed E-state index contributed by atoms with van der Waals surface area (Å²) < 4.78 is 13.7. The van der Waals surface area contributed by atoms with E-state index in [1.165, 1.54) is 6.07 Å². The van der Waals surface area contributed by atoms with E-state index >= 15 is 0 Å². The second kappa shape index (κ2) is 3.98. The van der Waals surface area contributed by atoms with Crippen LogP contribution in [0.5, 0.6) is 0 Å². The van der Waals surface area contributed by atoms with Crippen LogP contribution in [0, 0.1) is 5.82 Å². The largest absolute Gasteiger partial charge is 0.256 e. The summed E-state index contributed by atoms with van der Waals surface area (Å²) in [4.78, 5) is 4.26. The van der Waals surface area contributed by atoms with Crippen LogP contribution in [0.3, 0.4) is 0 Å². The maximum atomic E-state index is 13.7. The van der Waals surface area contributed by atoms with Crippen molar-refractivity contribution in [3.05, 3.63) is 66.6 Å². The summed E-state index contributed by atoms with van der Waals surface area (Å²) in [6, 6.07) is 16.5. The van der Waals surface area contributed by atoms with Crippen LogP contribution in [0.1, 0.15) is 0 Å². The molecule has 0 atom stereocenters. The van der Waals surface area contributed by atoms with Crippen molar-refractivity contribution in [1.29, 1.82) is 0 Å². The fraction of sp³-hybridized carbons (Fsp3) is 0. The highest BCUT2D eigenvalue weighted by atomic mass is 19.1. The third-order valence-electron chi connectivity index (χ3n) is 2.79. The fourth-order valence-electron chi connectivity index (χ4n) is 1.93. The first kappa shape index (κ1) is 9.97. The Kier molecular flexibility index (Phi) is 2.33. The van der Waals surface area contributed by atoms with Gasteiger partial charge in [0.05, 0.1) is 5.69 Å². The van der Waals surface area contributed by atoms with Gasteiger partial charge >= 0.3 is 0 Å². The van der Waals surface area contributed by atoms with Gasteiger partial charge < -0.3 is 0 Å². The molecule has 0 fully saturated rings. The van der Waals surface area contributed by atoms with Crippen molar-refractivity contribution in [3.63, 3.8) is 0 Å². The van der Waals surface area contributed by atoms with E-state index in [4.69, 9.17) is 0 Å². The lowest BCUT2D eigenvalue weighted by Gasteiger charge is -2.03. The normalized spacial score (nSPS) is 10.6. The first-order valence-electron chi connectivity index (χ1n) is 5.44. The summed E-state index contributed by atoms with van der Waals surface area (Å²) in [5.74, 6) is -0.194. The van der Waals surface area contributed by atoms with Gasteiger partial charge in [0.1, 0.15) is 5.82 Å². The van der Waals surface area contributed by atoms with Crippen LogP contribution in [0.15, 0.2) is 60.8 Å². The topological polar surface area (TPSA) is 12.9 Å². The first-order chi connectivity index (χ1) is 8.34. The Balaban J connectivity index is 2.23. The summed E-state index contributed by atoms with van der Waals surface area (Å²) in [5.41, 5.74) is 1.79. The molecule has 1 aromatic heterocycles. The number of hydrogen-bond acceptors (Lipinski definition) is 1. The Hall–Kier alpha value is -2.22. The van der Waals surface area contributed by atoms with Crippen LogP contribution in [0.4, 0.5) is 4.39 Å². The molecule has 0 saturated heterocycles. The van der Waals surface area contributed by atoms with Crippen molar-refractivity contribution >= 4 is 10.8 Å². The molecule has 0 bridgehead atoms. The van der Waals surface area contributed by atoms with Crippen molar-refractivity contribution in [2.45, 2.75) is 0 Å². The van der Waals surface area contributed by atoms with Gasteiger partial charge in [0.2, 0.25) is 0 Å². The molecule has 3 aromatic rings. The minimum absolute atomic E-state index is 0.194. The molecule has 0 aliphatic heterocycles. The summed E-state index contributed by atoms with van der Waals surface area (Å²) in [7, 11) is 0. The molecule has 2 heteroatoms. The van der Waals surface area contributed by atoms with Crippen LogP contribution in [0.2, 0.25) is 0 Å². The van der Waals surface area contributed by atoms with Crippen LogP contribution >= 0.6 is 0 Å². The Labute approximate surface area is 98.6 Å². The molecular weight excluding hydrogens is 213 g/mol. The number of fused-ring (bicyclic) bond motifs is 1. The average Bonchev–Trinajstić information content (AvgIpc) is 2.40. The van der Waals surface area contributed by atoms with Gasteiger partial charge in [0.15, 0.2) is 0 Å². The van der Waals surface area contributed by atoms with E-state index in [1.807, 2.05) is 42.5 Å². The lowest BCUT2D eigenvalue weighted by atomic mass is 10.0. The molecule has 0 amide bonds. The minimum Gasteiger partial charge on any atom is -0.256 e. The number of hydrogen-bond donors (Lipinski definition) is 0. The number of halogens is 1. The molecule has 0 saturated carbocycles. The maximum absolute atomic E-state index is 13.7. The van der Waals surface area contributed by atoms with Crippen LogP contribution < -0.4 is 0 Å². The summed E-state index contributed by atoms with van der Waals surface area (Å²) in [5, 5.41) is 1.54. The minimum atomic E-state index is -0.194. The van der Waals surface area contributed by atoms with E-state index in [0.29, 0.717) is 5.39 Å². The smallest absolute Gasteiger partial charge is 0.131 e. The van der Waals surface area contributed by atoms with Gasteiger partial charge in [0, 0.05) is 17.1 Å². The molecule has 0 unspecified atom stereocenters. The average molecular weight is 223 g/mol. The Morgan fingerprint density at radius 2 is 1.82 bits per heavy atom. The second-order valence-corrected chi connectivity index (χ2v) is 3.89. The van der Waals surface area contributed by atoms with Crippen molar-refractivity contribution in [1.82, 2.24) is 4.98 Å². The molecule has 0 radical (unpaired) electrons. The van der Waals surface area contributed by atoms with Crippen molar-refractivity contribution in [2.24, 2.45) is 0 Å². The van der Waals surface area contributed by atoms with Gasteiger partial charge in [-0.1, -0.05) is 30.3 Å². The number of benzene rings is 2. The van der Waals surface area contributed by atoms with E-state index in [9.17, 15) is 4.39 Å². The molecule has 2 aromatic carbocycles. The zero-order valence-corrected chi connectivity index (χ0v) is 9.10. The molecule has 1 heterocycles. The molecule has 82 valence electrons. The Bertz CT molecular complexity index is 662. The molecule has 1 nitrogen and oxygen atoms in total. The van der Waals surface area contributed by atoms with Crippen LogP contribution in [0.25, 0.3) is 22.0 Å². The molecule has 0 aliphatic rings. The molecular formula is C15H10FN. The lowest BCUT2D eigenvalue weighted by molar-refractivity contribution is 0.640. The van der Waals surface area contributed by atoms with E-state index < -0.39 is 0 Å². The standard InChI is InChI=1S/C15H10FN/c16-14-5-3-4-11-7-8-12(10-13(11)14)15-6-1-2-9-17-15/h1-10H. The molecule has 0 aliphatic carbocycles. The molecule has 0 N–H and O–H groups in total. The number of nitrogens with zero attached hydrogens (tertiary/aromatic N) is 1. The second-order valence-electron chi connectivity index (χ2n) is 3.89. The Morgan fingerprint density at radius 1 is 0.882 bits per heavy atom. The van der Waals surface area contributed by atoms with Gasteiger partial charge in [-0.15, -0.1) is 0 Å². The highest BCUT2D eigenvalue weighted by Gasteiger charge is 2.03. The molecule has 17 heavy (non-hydrogen) atoms. The van der Waals surface area contributed by atoms with Gasteiger partial charge in [-0.25, -0.2) is 4.39 Å². The van der Waals surface area contributed by atoms with Crippen molar-refractivity contribution in [2.75, 3.05) is 0 Å². The van der Waals surface area contributed by atoms with Crippen LogP contribution in [-0.4, -0.2) is 4.98 Å². The summed E-state index contributed by atoms with van der Waals surface area (Å²) in [6.45, 7) is 0. The van der Waals surface area contributed by atoms with E-state index in [1.54, 1.807) is 12.3 Å². The van der Waals surface area contributed by atoms with Crippen molar-refractivity contribution in [3.8, 4) is 11.3 Å². The zero-order chi connectivity index (χ0) is 11.7. The monoisotopic (exact) mass is 223 g/mol. The zero-order valence-electron chi connectivity index (χ0n) is 9.10. The fourth-order valence-corrected chi connectivity index (χ4v) is 1.93. The van der Waals surface area contributed by atoms with Gasteiger partial charge in [-0.3, -0.25) is 4.98 Å². The highest BCUT2D eigenvalue weighted by Crippen LogP contribution is 2.24. The van der Waals surface area contributed by atoms with Crippen molar-refractivity contribution < 1.29 is 4.39 Å². The predicted molar refractivity (Wildman–Crippen MR) is 67.1 cm³/mol. The quantitative estimate of drug-likeness (QED) is 0.606. The van der Waals surface area contributed by atoms with Gasteiger partial charge in [-0.05, 0) is 29.7 Å². The maximum Gasteiger partial charge on any atom is 0.131 e. The van der Waals surface area contributed by atoms with E-state index in [-0.39, 0.29) is 5.82 Å². The third-order valence-corrected chi connectivity index (χ3v) is 2.79. The Morgan fingerprint density at radius 3 is 2.65 bits per heavy atom. The molecule has 3 rings (SSSR count). The van der Waals surface area contributed by atoms with E-state index in [2.05, 4.69) is 4.98 Å². The van der Waals surface area contributed by atoms with Gasteiger partial charge in [-0.2, -0.15) is 0 Å². The van der Waals surface area contributed by atoms with Crippen LogP contribution in [-0.2, 0) is 0 Å². The lowest BCUT2D eigenvalue weighted by Crippen LogP contribution is -1.84. The SMILES string of the molecule is Fc1cccc2ccc(-c3ccccn3)cc12. The summed E-state index contributed by atoms with van der Waals surface area (Å²) in [6.07, 6.45) is 1.74.